The molecular weight excluding hydrogens is 423 g/mol. The first-order chi connectivity index (χ1) is 15.3. The highest BCUT2D eigenvalue weighted by molar-refractivity contribution is 6.09. The first-order valence-corrected chi connectivity index (χ1v) is 10.4. The Morgan fingerprint density at radius 1 is 1.34 bits per heavy atom. The van der Waals surface area contributed by atoms with Crippen LogP contribution in [0.1, 0.15) is 37.3 Å². The first kappa shape index (κ1) is 23.5. The number of hydrogen-bond acceptors (Lipinski definition) is 6. The molecule has 172 valence electrons. The zero-order chi connectivity index (χ0) is 23.1. The van der Waals surface area contributed by atoms with Crippen molar-refractivity contribution in [1.82, 2.24) is 9.55 Å². The van der Waals surface area contributed by atoms with Gasteiger partial charge in [-0.25, -0.2) is 4.98 Å². The minimum Gasteiger partial charge on any atom is -0.381 e. The normalized spacial score (nSPS) is 15.4. The van der Waals surface area contributed by atoms with Gasteiger partial charge in [-0.15, -0.1) is 0 Å². The van der Waals surface area contributed by atoms with E-state index >= 15 is 0 Å². The van der Waals surface area contributed by atoms with E-state index in [1.54, 1.807) is 6.20 Å². The molecule has 10 heteroatoms. The summed E-state index contributed by atoms with van der Waals surface area (Å²) in [6, 6.07) is 3.90. The van der Waals surface area contributed by atoms with Crippen molar-refractivity contribution in [2.24, 2.45) is 0 Å². The summed E-state index contributed by atoms with van der Waals surface area (Å²) in [6.45, 7) is 3.57. The standard InChI is InChI=1S/C22H26F3N5O2/c1-2-7-30-14-17(3-4-21(30)31)27-12-15(11-26)18-13-28-20(10-19(18)22(23,24)25)29-16-5-8-32-9-6-16/h3-4,10-14,16,26-27H,2,5-9H2,1H3,(H,28,29)/b15-12+,26-11?. The molecule has 0 bridgehead atoms. The van der Waals surface area contributed by atoms with E-state index in [-0.39, 0.29) is 28.6 Å². The Balaban J connectivity index is 1.88. The van der Waals surface area contributed by atoms with Gasteiger partial charge in [-0.1, -0.05) is 6.92 Å². The quantitative estimate of drug-likeness (QED) is 0.521. The van der Waals surface area contributed by atoms with Crippen LogP contribution in [0.3, 0.4) is 0 Å². The number of aromatic nitrogens is 2. The Bertz CT molecular complexity index is 1030. The van der Waals surface area contributed by atoms with Gasteiger partial charge in [0.2, 0.25) is 0 Å². The van der Waals surface area contributed by atoms with Gasteiger partial charge in [-0.3, -0.25) is 4.79 Å². The summed E-state index contributed by atoms with van der Waals surface area (Å²) in [7, 11) is 0. The zero-order valence-corrected chi connectivity index (χ0v) is 17.7. The third kappa shape index (κ3) is 5.97. The van der Waals surface area contributed by atoms with Gasteiger partial charge < -0.3 is 25.3 Å². The van der Waals surface area contributed by atoms with Crippen molar-refractivity contribution < 1.29 is 17.9 Å². The van der Waals surface area contributed by atoms with Gasteiger partial charge in [0.1, 0.15) is 5.82 Å². The average Bonchev–Trinajstić information content (AvgIpc) is 2.77. The maximum Gasteiger partial charge on any atom is 0.417 e. The highest BCUT2D eigenvalue weighted by atomic mass is 19.4. The van der Waals surface area contributed by atoms with Crippen molar-refractivity contribution in [3.8, 4) is 0 Å². The molecule has 0 aromatic carbocycles. The van der Waals surface area contributed by atoms with Crippen molar-refractivity contribution in [3.63, 3.8) is 0 Å². The molecular formula is C22H26F3N5O2. The van der Waals surface area contributed by atoms with Crippen LogP contribution in [-0.4, -0.2) is 35.0 Å². The van der Waals surface area contributed by atoms with Gasteiger partial charge in [0.25, 0.3) is 5.56 Å². The molecule has 1 fully saturated rings. The molecule has 7 nitrogen and oxygen atoms in total. The number of hydrogen-bond donors (Lipinski definition) is 3. The molecule has 3 rings (SSSR count). The number of rotatable bonds is 8. The summed E-state index contributed by atoms with van der Waals surface area (Å²) >= 11 is 0. The monoisotopic (exact) mass is 449 g/mol. The van der Waals surface area contributed by atoms with Crippen LogP contribution < -0.4 is 16.2 Å². The first-order valence-electron chi connectivity index (χ1n) is 10.4. The summed E-state index contributed by atoms with van der Waals surface area (Å²) in [5.74, 6) is 0.136. The second-order valence-electron chi connectivity index (χ2n) is 7.48. The van der Waals surface area contributed by atoms with Crippen LogP contribution in [0.2, 0.25) is 0 Å². The molecule has 32 heavy (non-hydrogen) atoms. The number of allylic oxidation sites excluding steroid dienone is 1. The van der Waals surface area contributed by atoms with Gasteiger partial charge in [-0.05, 0) is 31.4 Å². The summed E-state index contributed by atoms with van der Waals surface area (Å²) < 4.78 is 48.2. The smallest absolute Gasteiger partial charge is 0.381 e. The Morgan fingerprint density at radius 3 is 2.75 bits per heavy atom. The van der Waals surface area contributed by atoms with E-state index in [4.69, 9.17) is 10.1 Å². The topological polar surface area (TPSA) is 92.0 Å². The summed E-state index contributed by atoms with van der Waals surface area (Å²) in [6.07, 6.45) is 2.39. The van der Waals surface area contributed by atoms with Crippen molar-refractivity contribution in [1.29, 1.82) is 5.41 Å². The second-order valence-corrected chi connectivity index (χ2v) is 7.48. The van der Waals surface area contributed by atoms with Crippen molar-refractivity contribution >= 4 is 23.3 Å². The highest BCUT2D eigenvalue weighted by Gasteiger charge is 2.35. The number of halogens is 3. The van der Waals surface area contributed by atoms with E-state index in [1.165, 1.54) is 22.9 Å². The van der Waals surface area contributed by atoms with E-state index in [1.807, 2.05) is 6.92 Å². The summed E-state index contributed by atoms with van der Waals surface area (Å²) in [5, 5.41) is 13.6. The highest BCUT2D eigenvalue weighted by Crippen LogP contribution is 2.36. The second kappa shape index (κ2) is 10.4. The summed E-state index contributed by atoms with van der Waals surface area (Å²) in [4.78, 5) is 16.0. The van der Waals surface area contributed by atoms with Crippen LogP contribution in [0.5, 0.6) is 0 Å². The zero-order valence-electron chi connectivity index (χ0n) is 17.7. The Hall–Kier alpha value is -3.14. The van der Waals surface area contributed by atoms with Gasteiger partial charge in [-0.2, -0.15) is 13.2 Å². The fraction of sp³-hybridized carbons (Fsp3) is 0.409. The molecule has 0 radical (unpaired) electrons. The number of nitrogens with zero attached hydrogens (tertiary/aromatic N) is 2. The molecule has 0 amide bonds. The van der Waals surface area contributed by atoms with Crippen LogP contribution in [0, 0.1) is 5.41 Å². The lowest BCUT2D eigenvalue weighted by atomic mass is 10.0. The van der Waals surface area contributed by atoms with Crippen molar-refractivity contribution in [2.75, 3.05) is 23.8 Å². The number of aryl methyl sites for hydroxylation is 1. The largest absolute Gasteiger partial charge is 0.417 e. The third-order valence-electron chi connectivity index (χ3n) is 5.09. The fourth-order valence-electron chi connectivity index (χ4n) is 3.44. The SMILES string of the molecule is CCCn1cc(N/C=C(\C=N)c2cnc(NC3CCOCC3)cc2C(F)(F)F)ccc1=O. The predicted molar refractivity (Wildman–Crippen MR) is 118 cm³/mol. The predicted octanol–water partition coefficient (Wildman–Crippen LogP) is 4.37. The molecule has 0 saturated carbocycles. The number of nitrogens with one attached hydrogen (secondary N) is 3. The van der Waals surface area contributed by atoms with Gasteiger partial charge >= 0.3 is 6.18 Å². The van der Waals surface area contributed by atoms with E-state index < -0.39 is 11.7 Å². The van der Waals surface area contributed by atoms with Crippen LogP contribution in [0.4, 0.5) is 24.7 Å². The fourth-order valence-corrected chi connectivity index (χ4v) is 3.44. The maximum atomic E-state index is 13.8. The number of alkyl halides is 3. The van der Waals surface area contributed by atoms with Crippen LogP contribution in [0.15, 0.2) is 41.6 Å². The minimum atomic E-state index is -4.62. The van der Waals surface area contributed by atoms with E-state index in [2.05, 4.69) is 15.6 Å². The van der Waals surface area contributed by atoms with Crippen molar-refractivity contribution in [3.05, 3.63) is 58.3 Å². The molecule has 2 aromatic heterocycles. The molecule has 1 saturated heterocycles. The van der Waals surface area contributed by atoms with E-state index in [9.17, 15) is 18.0 Å². The molecule has 0 aliphatic carbocycles. The Labute approximate surface area is 183 Å². The van der Waals surface area contributed by atoms with Gasteiger partial charge in [0, 0.05) is 67.8 Å². The Kier molecular flexibility index (Phi) is 7.68. The number of ether oxygens (including phenoxy) is 1. The van der Waals surface area contributed by atoms with E-state index in [0.717, 1.165) is 24.9 Å². The average molecular weight is 449 g/mol. The number of pyridine rings is 2. The lowest BCUT2D eigenvalue weighted by Gasteiger charge is -2.24. The Morgan fingerprint density at radius 2 is 2.09 bits per heavy atom. The molecule has 3 N–H and O–H groups in total. The molecule has 1 aliphatic heterocycles. The molecule has 0 unspecified atom stereocenters. The molecule has 1 aliphatic rings. The molecule has 0 atom stereocenters. The molecule has 3 heterocycles. The van der Waals surface area contributed by atoms with Crippen LogP contribution >= 0.6 is 0 Å². The van der Waals surface area contributed by atoms with Crippen molar-refractivity contribution in [2.45, 2.75) is 44.9 Å². The maximum absolute atomic E-state index is 13.8. The molecule has 2 aromatic rings. The third-order valence-corrected chi connectivity index (χ3v) is 5.09. The summed E-state index contributed by atoms with van der Waals surface area (Å²) in [5.41, 5.74) is -0.716. The van der Waals surface area contributed by atoms with E-state index in [0.29, 0.717) is 38.3 Å². The van der Waals surface area contributed by atoms with Crippen LogP contribution in [-0.2, 0) is 17.5 Å². The number of anilines is 2. The lowest BCUT2D eigenvalue weighted by molar-refractivity contribution is -0.137. The van der Waals surface area contributed by atoms with Crippen LogP contribution in [0.25, 0.3) is 5.57 Å². The van der Waals surface area contributed by atoms with Gasteiger partial charge in [0.05, 0.1) is 11.3 Å². The van der Waals surface area contributed by atoms with Gasteiger partial charge in [0.15, 0.2) is 0 Å². The lowest BCUT2D eigenvalue weighted by Crippen LogP contribution is -2.28. The minimum absolute atomic E-state index is 0.00130. The molecule has 0 spiro atoms.